The van der Waals surface area contributed by atoms with Gasteiger partial charge in [0, 0.05) is 5.02 Å². The second-order valence-corrected chi connectivity index (χ2v) is 6.03. The summed E-state index contributed by atoms with van der Waals surface area (Å²) in [5.74, 6) is 0.407. The summed E-state index contributed by atoms with van der Waals surface area (Å²) >= 11 is 5.78. The number of hydrogen-bond acceptors (Lipinski definition) is 4. The number of halogens is 1. The summed E-state index contributed by atoms with van der Waals surface area (Å²) in [6.45, 7) is 0.432. The summed E-state index contributed by atoms with van der Waals surface area (Å²) in [7, 11) is 0.0379. The molecule has 1 aliphatic rings. The van der Waals surface area contributed by atoms with Crippen LogP contribution in [0.4, 0.5) is 5.69 Å². The molecule has 1 N–H and O–H groups in total. The van der Waals surface area contributed by atoms with E-state index in [4.69, 9.17) is 11.6 Å². The first-order valence-electron chi connectivity index (χ1n) is 4.93. The van der Waals surface area contributed by atoms with Crippen molar-refractivity contribution in [2.75, 3.05) is 26.0 Å². The van der Waals surface area contributed by atoms with Crippen molar-refractivity contribution in [3.63, 3.8) is 0 Å². The van der Waals surface area contributed by atoms with E-state index >= 15 is 0 Å². The van der Waals surface area contributed by atoms with E-state index < -0.39 is 10.0 Å². The molecule has 7 heteroatoms. The van der Waals surface area contributed by atoms with Gasteiger partial charge >= 0.3 is 0 Å². The largest absolute Gasteiger partial charge is 0.341 e. The maximum Gasteiger partial charge on any atom is 0.286 e. The molecule has 0 fully saturated rings. The van der Waals surface area contributed by atoms with Crippen molar-refractivity contribution >= 4 is 33.1 Å². The summed E-state index contributed by atoms with van der Waals surface area (Å²) in [5, 5.41) is 3.36. The fraction of sp³-hybridized carbons (Fsp3) is 0.300. The Morgan fingerprint density at radius 2 is 2.12 bits per heavy atom. The number of hydrogen-bond donors (Lipinski definition) is 1. The molecular formula is C10H12ClN3O2S. The highest BCUT2D eigenvalue weighted by Gasteiger charge is 2.25. The SMILES string of the molecule is CN(C)CC1=NS(=O)(=O)c2cc(Cl)ccc2N1. The molecule has 0 atom stereocenters. The van der Waals surface area contributed by atoms with Crippen molar-refractivity contribution in [1.82, 2.24) is 4.90 Å². The van der Waals surface area contributed by atoms with E-state index in [-0.39, 0.29) is 4.90 Å². The van der Waals surface area contributed by atoms with Gasteiger partial charge in [-0.2, -0.15) is 8.42 Å². The predicted molar refractivity (Wildman–Crippen MR) is 68.2 cm³/mol. The van der Waals surface area contributed by atoms with E-state index in [0.29, 0.717) is 23.1 Å². The molecule has 92 valence electrons. The van der Waals surface area contributed by atoms with Crippen molar-refractivity contribution in [2.45, 2.75) is 4.90 Å². The zero-order valence-electron chi connectivity index (χ0n) is 9.44. The molecule has 0 bridgehead atoms. The van der Waals surface area contributed by atoms with Crippen LogP contribution in [0.5, 0.6) is 0 Å². The normalized spacial score (nSPS) is 17.3. The van der Waals surface area contributed by atoms with Crippen LogP contribution in [0, 0.1) is 0 Å². The molecular weight excluding hydrogens is 262 g/mol. The van der Waals surface area contributed by atoms with Crippen molar-refractivity contribution in [3.8, 4) is 0 Å². The van der Waals surface area contributed by atoms with E-state index in [1.165, 1.54) is 6.07 Å². The lowest BCUT2D eigenvalue weighted by atomic mass is 10.3. The van der Waals surface area contributed by atoms with Gasteiger partial charge < -0.3 is 10.2 Å². The van der Waals surface area contributed by atoms with Crippen LogP contribution in [0.2, 0.25) is 5.02 Å². The zero-order chi connectivity index (χ0) is 12.6. The summed E-state index contributed by atoms with van der Waals surface area (Å²) in [5.41, 5.74) is 0.515. The number of fused-ring (bicyclic) bond motifs is 1. The number of nitrogens with zero attached hydrogens (tertiary/aromatic N) is 2. The lowest BCUT2D eigenvalue weighted by Crippen LogP contribution is -2.31. The highest BCUT2D eigenvalue weighted by molar-refractivity contribution is 7.90. The van der Waals surface area contributed by atoms with Crippen molar-refractivity contribution in [3.05, 3.63) is 23.2 Å². The number of benzene rings is 1. The average molecular weight is 274 g/mol. The molecule has 1 aromatic carbocycles. The first kappa shape index (κ1) is 12.3. The summed E-state index contributed by atoms with van der Waals surface area (Å²) in [6.07, 6.45) is 0. The van der Waals surface area contributed by atoms with Crippen LogP contribution >= 0.6 is 11.6 Å². The molecule has 0 saturated carbocycles. The van der Waals surface area contributed by atoms with Crippen LogP contribution in [0.25, 0.3) is 0 Å². The molecule has 1 aromatic rings. The molecule has 1 aliphatic heterocycles. The average Bonchev–Trinajstić information content (AvgIpc) is 2.17. The number of rotatable bonds is 2. The van der Waals surface area contributed by atoms with Crippen LogP contribution in [0.1, 0.15) is 0 Å². The minimum atomic E-state index is -3.64. The third-order valence-electron chi connectivity index (χ3n) is 2.20. The van der Waals surface area contributed by atoms with Gasteiger partial charge in [0.25, 0.3) is 10.0 Å². The Kier molecular flexibility index (Phi) is 3.11. The molecule has 0 amide bonds. The lowest BCUT2D eigenvalue weighted by molar-refractivity contribution is 0.469. The predicted octanol–water partition coefficient (Wildman–Crippen LogP) is 1.41. The highest BCUT2D eigenvalue weighted by atomic mass is 35.5. The van der Waals surface area contributed by atoms with Crippen LogP contribution in [-0.2, 0) is 10.0 Å². The van der Waals surface area contributed by atoms with Gasteiger partial charge in [0.05, 0.1) is 12.2 Å². The minimum absolute atomic E-state index is 0.118. The first-order chi connectivity index (χ1) is 7.88. The molecule has 0 spiro atoms. The Hall–Kier alpha value is -1.11. The van der Waals surface area contributed by atoms with Gasteiger partial charge in [-0.1, -0.05) is 11.6 Å². The number of sulfonamides is 1. The molecule has 17 heavy (non-hydrogen) atoms. The standard InChI is InChI=1S/C10H12ClN3O2S/c1-14(2)6-10-12-8-4-3-7(11)5-9(8)17(15,16)13-10/h3-5H,6H2,1-2H3,(H,12,13). The third-order valence-corrected chi connectivity index (χ3v) is 3.79. The van der Waals surface area contributed by atoms with Crippen molar-refractivity contribution in [2.24, 2.45) is 4.40 Å². The fourth-order valence-corrected chi connectivity index (χ4v) is 2.95. The number of anilines is 1. The minimum Gasteiger partial charge on any atom is -0.341 e. The van der Waals surface area contributed by atoms with Gasteiger partial charge in [-0.05, 0) is 32.3 Å². The molecule has 1 heterocycles. The number of nitrogens with one attached hydrogen (secondary N) is 1. The second-order valence-electron chi connectivity index (χ2n) is 4.02. The lowest BCUT2D eigenvalue weighted by Gasteiger charge is -2.20. The number of likely N-dealkylation sites (N-methyl/N-ethyl adjacent to an activating group) is 1. The Morgan fingerprint density at radius 3 is 2.76 bits per heavy atom. The van der Waals surface area contributed by atoms with Crippen LogP contribution in [0.15, 0.2) is 27.5 Å². The van der Waals surface area contributed by atoms with E-state index in [1.807, 2.05) is 19.0 Å². The summed E-state index contributed by atoms with van der Waals surface area (Å²) in [4.78, 5) is 1.95. The number of amidine groups is 1. The Morgan fingerprint density at radius 1 is 1.41 bits per heavy atom. The van der Waals surface area contributed by atoms with Gasteiger partial charge in [-0.15, -0.1) is 4.40 Å². The third kappa shape index (κ3) is 2.59. The smallest absolute Gasteiger partial charge is 0.286 e. The van der Waals surface area contributed by atoms with Crippen LogP contribution in [0.3, 0.4) is 0 Å². The van der Waals surface area contributed by atoms with Gasteiger partial charge in [0.2, 0.25) is 0 Å². The monoisotopic (exact) mass is 273 g/mol. The highest BCUT2D eigenvalue weighted by Crippen LogP contribution is 2.29. The second kappa shape index (κ2) is 4.29. The molecule has 0 aromatic heterocycles. The zero-order valence-corrected chi connectivity index (χ0v) is 11.0. The fourth-order valence-electron chi connectivity index (χ4n) is 1.55. The molecule has 0 unspecified atom stereocenters. The van der Waals surface area contributed by atoms with Gasteiger partial charge in [0.15, 0.2) is 0 Å². The van der Waals surface area contributed by atoms with Gasteiger partial charge in [-0.3, -0.25) is 0 Å². The molecule has 0 aliphatic carbocycles. The van der Waals surface area contributed by atoms with E-state index in [9.17, 15) is 8.42 Å². The molecule has 0 radical (unpaired) electrons. The van der Waals surface area contributed by atoms with E-state index in [0.717, 1.165) is 0 Å². The van der Waals surface area contributed by atoms with Crippen LogP contribution < -0.4 is 5.32 Å². The van der Waals surface area contributed by atoms with E-state index in [2.05, 4.69) is 9.71 Å². The molecule has 0 saturated heterocycles. The molecule has 5 nitrogen and oxygen atoms in total. The van der Waals surface area contributed by atoms with Gasteiger partial charge in [-0.25, -0.2) is 0 Å². The van der Waals surface area contributed by atoms with Crippen molar-refractivity contribution in [1.29, 1.82) is 0 Å². The first-order valence-corrected chi connectivity index (χ1v) is 6.75. The Balaban J connectivity index is 2.47. The Labute approximate surface area is 105 Å². The summed E-state index contributed by atoms with van der Waals surface area (Å²) < 4.78 is 27.5. The topological polar surface area (TPSA) is 61.8 Å². The van der Waals surface area contributed by atoms with E-state index in [1.54, 1.807) is 12.1 Å². The maximum absolute atomic E-state index is 11.9. The maximum atomic E-state index is 11.9. The van der Waals surface area contributed by atoms with Gasteiger partial charge in [0.1, 0.15) is 10.7 Å². The Bertz CT molecular complexity index is 581. The quantitative estimate of drug-likeness (QED) is 0.885. The van der Waals surface area contributed by atoms with Crippen molar-refractivity contribution < 1.29 is 8.42 Å². The summed E-state index contributed by atoms with van der Waals surface area (Å²) in [6, 6.07) is 4.68. The molecule has 2 rings (SSSR count). The van der Waals surface area contributed by atoms with Crippen LogP contribution in [-0.4, -0.2) is 39.8 Å².